The number of aromatic amines is 1. The number of H-pyrrole nitrogens is 1. The lowest BCUT2D eigenvalue weighted by Gasteiger charge is -2.35. The van der Waals surface area contributed by atoms with Crippen LogP contribution < -0.4 is 5.32 Å². The molecule has 4 aromatic rings. The number of aromatic nitrogens is 6. The van der Waals surface area contributed by atoms with Gasteiger partial charge in [0.2, 0.25) is 5.95 Å². The van der Waals surface area contributed by atoms with Crippen LogP contribution in [0.1, 0.15) is 39.0 Å². The molecule has 1 aliphatic carbocycles. The van der Waals surface area contributed by atoms with Gasteiger partial charge in [-0.05, 0) is 49.8 Å². The summed E-state index contributed by atoms with van der Waals surface area (Å²) in [6.07, 6.45) is 8.15. The molecule has 0 saturated heterocycles. The molecule has 1 fully saturated rings. The minimum Gasteiger partial charge on any atom is -0.390 e. The molecular formula is C21H25N7O. The smallest absolute Gasteiger partial charge is 0.224 e. The molecule has 150 valence electrons. The van der Waals surface area contributed by atoms with Crippen molar-refractivity contribution >= 4 is 28.0 Å². The average Bonchev–Trinajstić information content (AvgIpc) is 3.33. The van der Waals surface area contributed by atoms with Crippen molar-refractivity contribution in [2.45, 2.75) is 50.7 Å². The molecule has 3 heterocycles. The van der Waals surface area contributed by atoms with Crippen LogP contribution in [0, 0.1) is 0 Å². The number of benzene rings is 1. The first-order valence-electron chi connectivity index (χ1n) is 10.2. The predicted molar refractivity (Wildman–Crippen MR) is 113 cm³/mol. The van der Waals surface area contributed by atoms with Gasteiger partial charge in [0.25, 0.3) is 0 Å². The Balaban J connectivity index is 1.39. The Morgan fingerprint density at radius 2 is 2.14 bits per heavy atom. The Labute approximate surface area is 168 Å². The van der Waals surface area contributed by atoms with Crippen LogP contribution in [0.4, 0.5) is 5.95 Å². The summed E-state index contributed by atoms with van der Waals surface area (Å²) in [6.45, 7) is 2.05. The summed E-state index contributed by atoms with van der Waals surface area (Å²) in [6, 6.07) is 6.41. The first-order chi connectivity index (χ1) is 14.0. The summed E-state index contributed by atoms with van der Waals surface area (Å²) in [5.41, 5.74) is 4.30. The normalized spacial score (nSPS) is 22.4. The van der Waals surface area contributed by atoms with Crippen molar-refractivity contribution in [2.24, 2.45) is 7.05 Å². The van der Waals surface area contributed by atoms with Crippen molar-refractivity contribution in [3.05, 3.63) is 30.6 Å². The van der Waals surface area contributed by atoms with Gasteiger partial charge < -0.3 is 15.4 Å². The van der Waals surface area contributed by atoms with Crippen LogP contribution in [0.2, 0.25) is 0 Å². The summed E-state index contributed by atoms with van der Waals surface area (Å²) < 4.78 is 1.77. The minimum absolute atomic E-state index is 0.299. The number of fused-ring (bicyclic) bond motifs is 2. The van der Waals surface area contributed by atoms with Crippen LogP contribution in [0.3, 0.4) is 0 Å². The molecule has 8 nitrogen and oxygen atoms in total. The third-order valence-corrected chi connectivity index (χ3v) is 6.26. The van der Waals surface area contributed by atoms with Crippen molar-refractivity contribution in [1.82, 2.24) is 29.9 Å². The third-order valence-electron chi connectivity index (χ3n) is 6.26. The highest BCUT2D eigenvalue weighted by Gasteiger charge is 2.31. The van der Waals surface area contributed by atoms with Gasteiger partial charge in [0.1, 0.15) is 11.2 Å². The second-order valence-electron chi connectivity index (χ2n) is 8.07. The van der Waals surface area contributed by atoms with E-state index in [0.29, 0.717) is 12.0 Å². The number of aliphatic hydroxyl groups is 1. The Morgan fingerprint density at radius 3 is 2.93 bits per heavy atom. The Morgan fingerprint density at radius 1 is 1.31 bits per heavy atom. The number of hydrogen-bond donors (Lipinski definition) is 3. The number of rotatable bonds is 4. The molecule has 0 bridgehead atoms. The van der Waals surface area contributed by atoms with E-state index < -0.39 is 5.60 Å². The maximum absolute atomic E-state index is 10.4. The molecule has 0 atom stereocenters. The number of aryl methyl sites for hydroxylation is 1. The second kappa shape index (κ2) is 6.81. The van der Waals surface area contributed by atoms with Crippen LogP contribution in [0.5, 0.6) is 0 Å². The molecule has 8 heteroatoms. The largest absolute Gasteiger partial charge is 0.390 e. The van der Waals surface area contributed by atoms with E-state index in [1.165, 1.54) is 0 Å². The van der Waals surface area contributed by atoms with Crippen molar-refractivity contribution in [3.63, 3.8) is 0 Å². The molecular weight excluding hydrogens is 366 g/mol. The maximum Gasteiger partial charge on any atom is 0.224 e. The zero-order valence-electron chi connectivity index (χ0n) is 16.7. The summed E-state index contributed by atoms with van der Waals surface area (Å²) in [7, 11) is 1.89. The van der Waals surface area contributed by atoms with E-state index in [4.69, 9.17) is 0 Å². The zero-order valence-corrected chi connectivity index (χ0v) is 16.7. The summed E-state index contributed by atoms with van der Waals surface area (Å²) >= 11 is 0. The molecule has 0 amide bonds. The fraction of sp³-hybridized carbons (Fsp3) is 0.429. The fourth-order valence-corrected chi connectivity index (χ4v) is 4.25. The van der Waals surface area contributed by atoms with Gasteiger partial charge in [-0.2, -0.15) is 4.98 Å². The quantitative estimate of drug-likeness (QED) is 0.492. The average molecular weight is 391 g/mol. The molecule has 0 aliphatic heterocycles. The van der Waals surface area contributed by atoms with Crippen molar-refractivity contribution in [2.75, 3.05) is 5.32 Å². The van der Waals surface area contributed by atoms with E-state index in [1.807, 2.05) is 31.6 Å². The third kappa shape index (κ3) is 3.23. The molecule has 1 saturated carbocycles. The maximum atomic E-state index is 10.4. The van der Waals surface area contributed by atoms with Crippen molar-refractivity contribution in [3.8, 4) is 11.1 Å². The molecule has 0 unspecified atom stereocenters. The van der Waals surface area contributed by atoms with E-state index in [-0.39, 0.29) is 0 Å². The molecule has 5 rings (SSSR count). The SMILES string of the molecule is CCC1(O)CCC(Nc2ncc3c(-c4ccc5nnn(C)c5c4)c[nH]c3n2)CC1. The lowest BCUT2D eigenvalue weighted by atomic mass is 9.80. The number of nitrogens with zero attached hydrogens (tertiary/aromatic N) is 5. The number of hydrogen-bond acceptors (Lipinski definition) is 6. The Bertz CT molecular complexity index is 1170. The van der Waals surface area contributed by atoms with E-state index in [9.17, 15) is 5.11 Å². The van der Waals surface area contributed by atoms with Gasteiger partial charge in [-0.3, -0.25) is 0 Å². The standard InChI is InChI=1S/C21H25N7O/c1-3-21(29)8-6-14(7-9-21)24-20-23-12-16-15(11-22-19(16)25-20)13-4-5-17-18(10-13)28(2)27-26-17/h4-5,10-12,14,29H,3,6-9H2,1-2H3,(H2,22,23,24,25). The fourth-order valence-electron chi connectivity index (χ4n) is 4.25. The predicted octanol–water partition coefficient (Wildman–Crippen LogP) is 3.40. The van der Waals surface area contributed by atoms with Crippen LogP contribution in [-0.2, 0) is 7.05 Å². The first-order valence-corrected chi connectivity index (χ1v) is 10.2. The second-order valence-corrected chi connectivity index (χ2v) is 8.07. The topological polar surface area (TPSA) is 105 Å². The molecule has 29 heavy (non-hydrogen) atoms. The van der Waals surface area contributed by atoms with Crippen LogP contribution in [0.25, 0.3) is 33.2 Å². The van der Waals surface area contributed by atoms with Gasteiger partial charge in [0.15, 0.2) is 0 Å². The minimum atomic E-state index is -0.498. The van der Waals surface area contributed by atoms with Crippen LogP contribution >= 0.6 is 0 Å². The summed E-state index contributed by atoms with van der Waals surface area (Å²) in [5.74, 6) is 0.629. The van der Waals surface area contributed by atoms with Gasteiger partial charge >= 0.3 is 0 Å². The molecule has 3 aromatic heterocycles. The molecule has 1 aromatic carbocycles. The molecule has 0 spiro atoms. The highest BCUT2D eigenvalue weighted by Crippen LogP contribution is 2.33. The molecule has 3 N–H and O–H groups in total. The molecule has 1 aliphatic rings. The van der Waals surface area contributed by atoms with Gasteiger partial charge in [-0.15, -0.1) is 5.10 Å². The van der Waals surface area contributed by atoms with Crippen LogP contribution in [-0.4, -0.2) is 46.7 Å². The Kier molecular flexibility index (Phi) is 4.24. The van der Waals surface area contributed by atoms with E-state index in [2.05, 4.69) is 43.6 Å². The van der Waals surface area contributed by atoms with E-state index in [0.717, 1.165) is 65.3 Å². The van der Waals surface area contributed by atoms with Gasteiger partial charge in [-0.1, -0.05) is 18.2 Å². The number of nitrogens with one attached hydrogen (secondary N) is 2. The van der Waals surface area contributed by atoms with E-state index in [1.54, 1.807) is 4.68 Å². The monoisotopic (exact) mass is 391 g/mol. The number of anilines is 1. The zero-order chi connectivity index (χ0) is 20.0. The van der Waals surface area contributed by atoms with Crippen LogP contribution in [0.15, 0.2) is 30.6 Å². The van der Waals surface area contributed by atoms with Crippen molar-refractivity contribution in [1.29, 1.82) is 0 Å². The highest BCUT2D eigenvalue weighted by atomic mass is 16.3. The van der Waals surface area contributed by atoms with E-state index >= 15 is 0 Å². The van der Waals surface area contributed by atoms with Gasteiger partial charge in [0.05, 0.1) is 11.1 Å². The summed E-state index contributed by atoms with van der Waals surface area (Å²) in [4.78, 5) is 12.5. The van der Waals surface area contributed by atoms with Gasteiger partial charge in [-0.25, -0.2) is 9.67 Å². The Hall–Kier alpha value is -3.00. The van der Waals surface area contributed by atoms with Crippen molar-refractivity contribution < 1.29 is 5.11 Å². The lowest BCUT2D eigenvalue weighted by Crippen LogP contribution is -2.38. The highest BCUT2D eigenvalue weighted by molar-refractivity contribution is 5.95. The lowest BCUT2D eigenvalue weighted by molar-refractivity contribution is -0.00197. The molecule has 0 radical (unpaired) electrons. The van der Waals surface area contributed by atoms with Gasteiger partial charge in [0, 0.05) is 36.4 Å². The summed E-state index contributed by atoms with van der Waals surface area (Å²) in [5, 5.41) is 23.0. The first kappa shape index (κ1) is 18.1.